The minimum atomic E-state index is 0.531. The molecule has 0 amide bonds. The van der Waals surface area contributed by atoms with Gasteiger partial charge in [-0.3, -0.25) is 9.88 Å². The summed E-state index contributed by atoms with van der Waals surface area (Å²) >= 11 is 6.25. The Labute approximate surface area is 124 Å². The molecule has 3 nitrogen and oxygen atoms in total. The maximum Gasteiger partial charge on any atom is 0.0747 e. The van der Waals surface area contributed by atoms with Gasteiger partial charge in [0.2, 0.25) is 0 Å². The quantitative estimate of drug-likeness (QED) is 0.921. The maximum atomic E-state index is 6.25. The van der Waals surface area contributed by atoms with Gasteiger partial charge in [0.1, 0.15) is 0 Å². The Morgan fingerprint density at radius 3 is 3.10 bits per heavy atom. The predicted molar refractivity (Wildman–Crippen MR) is 84.1 cm³/mol. The minimum absolute atomic E-state index is 0.531. The first-order valence-electron chi connectivity index (χ1n) is 7.14. The van der Waals surface area contributed by atoms with E-state index in [1.54, 1.807) is 0 Å². The number of nitrogens with zero attached hydrogens (tertiary/aromatic N) is 2. The van der Waals surface area contributed by atoms with Crippen molar-refractivity contribution in [3.8, 4) is 0 Å². The van der Waals surface area contributed by atoms with Crippen LogP contribution in [0, 0.1) is 0 Å². The fraction of sp³-hybridized carbons (Fsp3) is 0.438. The lowest BCUT2D eigenvalue weighted by Crippen LogP contribution is -2.53. The lowest BCUT2D eigenvalue weighted by Gasteiger charge is -2.37. The van der Waals surface area contributed by atoms with Crippen LogP contribution in [0.4, 0.5) is 0 Å². The highest BCUT2D eigenvalue weighted by molar-refractivity contribution is 6.31. The molecule has 1 N–H and O–H groups in total. The van der Waals surface area contributed by atoms with Gasteiger partial charge in [-0.1, -0.05) is 17.7 Å². The molecule has 0 bridgehead atoms. The molecule has 2 unspecified atom stereocenters. The van der Waals surface area contributed by atoms with Crippen molar-refractivity contribution in [3.63, 3.8) is 0 Å². The largest absolute Gasteiger partial charge is 0.311 e. The van der Waals surface area contributed by atoms with Gasteiger partial charge in [-0.05, 0) is 37.6 Å². The smallest absolute Gasteiger partial charge is 0.0747 e. The van der Waals surface area contributed by atoms with Crippen molar-refractivity contribution in [3.05, 3.63) is 41.0 Å². The summed E-state index contributed by atoms with van der Waals surface area (Å²) in [4.78, 5) is 7.03. The van der Waals surface area contributed by atoms with Crippen LogP contribution >= 0.6 is 11.6 Å². The van der Waals surface area contributed by atoms with E-state index in [4.69, 9.17) is 11.6 Å². The van der Waals surface area contributed by atoms with Crippen LogP contribution in [0.15, 0.2) is 30.5 Å². The molecule has 1 aliphatic heterocycles. The summed E-state index contributed by atoms with van der Waals surface area (Å²) in [6.07, 6.45) is 1.85. The highest BCUT2D eigenvalue weighted by atomic mass is 35.5. The number of halogens is 1. The van der Waals surface area contributed by atoms with E-state index >= 15 is 0 Å². The third-order valence-corrected chi connectivity index (χ3v) is 4.23. The van der Waals surface area contributed by atoms with E-state index in [-0.39, 0.29) is 0 Å². The Morgan fingerprint density at radius 2 is 2.25 bits per heavy atom. The zero-order valence-electron chi connectivity index (χ0n) is 11.9. The molecule has 0 aliphatic carbocycles. The summed E-state index contributed by atoms with van der Waals surface area (Å²) in [6.45, 7) is 7.49. The number of rotatable bonds is 2. The van der Waals surface area contributed by atoms with Crippen LogP contribution in [0.3, 0.4) is 0 Å². The van der Waals surface area contributed by atoms with Gasteiger partial charge < -0.3 is 5.32 Å². The Morgan fingerprint density at radius 1 is 1.40 bits per heavy atom. The summed E-state index contributed by atoms with van der Waals surface area (Å²) in [7, 11) is 0. The molecule has 1 aromatic carbocycles. The first-order chi connectivity index (χ1) is 9.63. The van der Waals surface area contributed by atoms with Gasteiger partial charge >= 0.3 is 0 Å². The molecule has 0 spiro atoms. The molecular weight excluding hydrogens is 270 g/mol. The standard InChI is InChI=1S/C16H20ClN3/c1-11-9-20(12(2)8-19-11)10-14-7-15(17)6-13-4-3-5-18-16(13)14/h3-7,11-12,19H,8-10H2,1-2H3. The van der Waals surface area contributed by atoms with Crippen molar-refractivity contribution < 1.29 is 0 Å². The molecule has 1 aromatic heterocycles. The molecule has 3 rings (SSSR count). The number of hydrogen-bond acceptors (Lipinski definition) is 3. The van der Waals surface area contributed by atoms with Crippen molar-refractivity contribution in [2.75, 3.05) is 13.1 Å². The third kappa shape index (κ3) is 2.80. The van der Waals surface area contributed by atoms with Crippen LogP contribution in [0.2, 0.25) is 5.02 Å². The van der Waals surface area contributed by atoms with Crippen LogP contribution < -0.4 is 5.32 Å². The van der Waals surface area contributed by atoms with Crippen LogP contribution in [0.25, 0.3) is 10.9 Å². The molecule has 1 aliphatic rings. The Balaban J connectivity index is 1.93. The van der Waals surface area contributed by atoms with Gasteiger partial charge in [-0.15, -0.1) is 0 Å². The van der Waals surface area contributed by atoms with E-state index in [1.165, 1.54) is 5.56 Å². The zero-order chi connectivity index (χ0) is 14.1. The van der Waals surface area contributed by atoms with E-state index in [1.807, 2.05) is 18.3 Å². The molecule has 1 saturated heterocycles. The molecular formula is C16H20ClN3. The lowest BCUT2D eigenvalue weighted by molar-refractivity contribution is 0.139. The summed E-state index contributed by atoms with van der Waals surface area (Å²) in [5.41, 5.74) is 2.28. The molecule has 0 saturated carbocycles. The molecule has 106 valence electrons. The number of pyridine rings is 1. The summed E-state index contributed by atoms with van der Waals surface area (Å²) < 4.78 is 0. The van der Waals surface area contributed by atoms with Gasteiger partial charge in [0, 0.05) is 48.3 Å². The van der Waals surface area contributed by atoms with Crippen LogP contribution in [-0.2, 0) is 6.54 Å². The topological polar surface area (TPSA) is 28.2 Å². The average Bonchev–Trinajstić information content (AvgIpc) is 2.43. The number of aromatic nitrogens is 1. The second-order valence-corrected chi connectivity index (χ2v) is 6.16. The SMILES string of the molecule is CC1CN(Cc2cc(Cl)cc3cccnc23)C(C)CN1. The number of benzene rings is 1. The van der Waals surface area contributed by atoms with Gasteiger partial charge in [0.25, 0.3) is 0 Å². The van der Waals surface area contributed by atoms with Crippen LogP contribution in [0.5, 0.6) is 0 Å². The number of nitrogens with one attached hydrogen (secondary N) is 1. The van der Waals surface area contributed by atoms with Gasteiger partial charge in [0.15, 0.2) is 0 Å². The molecule has 2 heterocycles. The molecule has 20 heavy (non-hydrogen) atoms. The average molecular weight is 290 g/mol. The third-order valence-electron chi connectivity index (χ3n) is 4.02. The number of fused-ring (bicyclic) bond motifs is 1. The van der Waals surface area contributed by atoms with E-state index in [9.17, 15) is 0 Å². The van der Waals surface area contributed by atoms with Gasteiger partial charge in [0.05, 0.1) is 5.52 Å². The summed E-state index contributed by atoms with van der Waals surface area (Å²) in [5, 5.41) is 5.42. The molecule has 2 atom stereocenters. The van der Waals surface area contributed by atoms with Gasteiger partial charge in [-0.2, -0.15) is 0 Å². The first-order valence-corrected chi connectivity index (χ1v) is 7.52. The predicted octanol–water partition coefficient (Wildman–Crippen LogP) is 3.07. The minimum Gasteiger partial charge on any atom is -0.311 e. The van der Waals surface area contributed by atoms with Crippen LogP contribution in [0.1, 0.15) is 19.4 Å². The van der Waals surface area contributed by atoms with Crippen molar-refractivity contribution in [2.24, 2.45) is 0 Å². The van der Waals surface area contributed by atoms with E-state index in [0.717, 1.165) is 35.6 Å². The highest BCUT2D eigenvalue weighted by Gasteiger charge is 2.23. The van der Waals surface area contributed by atoms with Crippen molar-refractivity contribution in [1.29, 1.82) is 0 Å². The Hall–Kier alpha value is -1.16. The normalized spacial score (nSPS) is 24.1. The number of piperazine rings is 1. The molecule has 0 radical (unpaired) electrons. The second-order valence-electron chi connectivity index (χ2n) is 5.73. The Kier molecular flexibility index (Phi) is 3.92. The fourth-order valence-corrected chi connectivity index (χ4v) is 3.13. The zero-order valence-corrected chi connectivity index (χ0v) is 12.7. The summed E-state index contributed by atoms with van der Waals surface area (Å²) in [6, 6.07) is 9.13. The first kappa shape index (κ1) is 13.8. The molecule has 1 fully saturated rings. The molecule has 2 aromatic rings. The second kappa shape index (κ2) is 5.68. The van der Waals surface area contributed by atoms with Gasteiger partial charge in [-0.25, -0.2) is 0 Å². The monoisotopic (exact) mass is 289 g/mol. The summed E-state index contributed by atoms with van der Waals surface area (Å²) in [5.74, 6) is 0. The number of hydrogen-bond donors (Lipinski definition) is 1. The highest BCUT2D eigenvalue weighted by Crippen LogP contribution is 2.24. The van der Waals surface area contributed by atoms with Crippen molar-refractivity contribution in [1.82, 2.24) is 15.2 Å². The fourth-order valence-electron chi connectivity index (χ4n) is 2.88. The maximum absolute atomic E-state index is 6.25. The van der Waals surface area contributed by atoms with E-state index < -0.39 is 0 Å². The van der Waals surface area contributed by atoms with Crippen molar-refractivity contribution >= 4 is 22.5 Å². The van der Waals surface area contributed by atoms with E-state index in [2.05, 4.69) is 41.2 Å². The lowest BCUT2D eigenvalue weighted by atomic mass is 10.1. The molecule has 4 heteroatoms. The van der Waals surface area contributed by atoms with Crippen LogP contribution in [-0.4, -0.2) is 35.1 Å². The van der Waals surface area contributed by atoms with E-state index in [0.29, 0.717) is 12.1 Å². The van der Waals surface area contributed by atoms with Crippen molar-refractivity contribution in [2.45, 2.75) is 32.5 Å². The Bertz CT molecular complexity index is 614.